The molecule has 28 heavy (non-hydrogen) atoms. The van der Waals surface area contributed by atoms with Gasteiger partial charge >= 0.3 is 5.69 Å². The third-order valence-corrected chi connectivity index (χ3v) is 4.79. The Morgan fingerprint density at radius 2 is 1.86 bits per heavy atom. The smallest absolute Gasteiger partial charge is 0.328 e. The number of nitrogens with one attached hydrogen (secondary N) is 2. The summed E-state index contributed by atoms with van der Waals surface area (Å²) in [5.41, 5.74) is 0.822. The Labute approximate surface area is 167 Å². The molecule has 146 valence electrons. The highest BCUT2D eigenvalue weighted by atomic mass is 35.5. The summed E-state index contributed by atoms with van der Waals surface area (Å²) in [4.78, 5) is 39.2. The van der Waals surface area contributed by atoms with Crippen LogP contribution < -0.4 is 16.6 Å². The third kappa shape index (κ3) is 5.10. The molecule has 2 N–H and O–H groups in total. The van der Waals surface area contributed by atoms with Crippen molar-refractivity contribution < 1.29 is 4.79 Å². The molecule has 0 fully saturated rings. The van der Waals surface area contributed by atoms with Crippen molar-refractivity contribution in [3.63, 3.8) is 0 Å². The SMILES string of the molecule is O=C(CCCCCn1c(=O)[nH]c2ccccc2c1=O)NCc1cccc(Cl)c1. The minimum Gasteiger partial charge on any atom is -0.352 e. The number of halogens is 1. The minimum absolute atomic E-state index is 0.0271. The van der Waals surface area contributed by atoms with Crippen LogP contribution in [-0.4, -0.2) is 15.5 Å². The summed E-state index contributed by atoms with van der Waals surface area (Å²) in [6.45, 7) is 0.782. The average Bonchev–Trinajstić information content (AvgIpc) is 2.68. The van der Waals surface area contributed by atoms with Crippen LogP contribution in [0.1, 0.15) is 31.2 Å². The van der Waals surface area contributed by atoms with Gasteiger partial charge in [0.25, 0.3) is 5.56 Å². The van der Waals surface area contributed by atoms with Gasteiger partial charge in [-0.25, -0.2) is 4.79 Å². The van der Waals surface area contributed by atoms with E-state index in [-0.39, 0.29) is 11.5 Å². The number of fused-ring (bicyclic) bond motifs is 1. The van der Waals surface area contributed by atoms with E-state index in [0.717, 1.165) is 12.0 Å². The van der Waals surface area contributed by atoms with Crippen LogP contribution in [0.25, 0.3) is 10.9 Å². The molecule has 0 aliphatic rings. The van der Waals surface area contributed by atoms with E-state index in [1.54, 1.807) is 30.3 Å². The van der Waals surface area contributed by atoms with Gasteiger partial charge < -0.3 is 10.3 Å². The number of aromatic nitrogens is 2. The zero-order valence-electron chi connectivity index (χ0n) is 15.4. The van der Waals surface area contributed by atoms with Crippen molar-refractivity contribution in [1.29, 1.82) is 0 Å². The zero-order valence-corrected chi connectivity index (χ0v) is 16.2. The van der Waals surface area contributed by atoms with E-state index in [4.69, 9.17) is 11.6 Å². The van der Waals surface area contributed by atoms with E-state index < -0.39 is 5.69 Å². The van der Waals surface area contributed by atoms with Crippen LogP contribution in [0.15, 0.2) is 58.1 Å². The Kier molecular flexibility index (Phi) is 6.66. The minimum atomic E-state index is -0.400. The molecular weight excluding hydrogens is 378 g/mol. The molecule has 1 heterocycles. The highest BCUT2D eigenvalue weighted by molar-refractivity contribution is 6.30. The molecule has 3 rings (SSSR count). The number of hydrogen-bond donors (Lipinski definition) is 2. The summed E-state index contributed by atoms with van der Waals surface area (Å²) < 4.78 is 1.22. The first-order valence-electron chi connectivity index (χ1n) is 9.27. The first-order chi connectivity index (χ1) is 13.5. The number of nitrogens with zero attached hydrogens (tertiary/aromatic N) is 1. The summed E-state index contributed by atoms with van der Waals surface area (Å²) in [6.07, 6.45) is 2.51. The molecule has 0 bridgehead atoms. The van der Waals surface area contributed by atoms with Gasteiger partial charge in [0.15, 0.2) is 0 Å². The van der Waals surface area contributed by atoms with Gasteiger partial charge in [-0.2, -0.15) is 0 Å². The molecule has 1 aromatic heterocycles. The summed E-state index contributed by atoms with van der Waals surface area (Å²) in [7, 11) is 0. The average molecular weight is 400 g/mol. The van der Waals surface area contributed by atoms with Gasteiger partial charge in [-0.05, 0) is 42.7 Å². The van der Waals surface area contributed by atoms with Gasteiger partial charge in [-0.1, -0.05) is 42.3 Å². The monoisotopic (exact) mass is 399 g/mol. The Bertz CT molecular complexity index is 1090. The maximum atomic E-state index is 12.4. The normalized spacial score (nSPS) is 10.9. The lowest BCUT2D eigenvalue weighted by Gasteiger charge is -2.07. The predicted molar refractivity (Wildman–Crippen MR) is 111 cm³/mol. The van der Waals surface area contributed by atoms with Crippen molar-refractivity contribution >= 4 is 28.4 Å². The zero-order chi connectivity index (χ0) is 19.9. The molecule has 3 aromatic rings. The van der Waals surface area contributed by atoms with E-state index in [9.17, 15) is 14.4 Å². The molecule has 0 spiro atoms. The van der Waals surface area contributed by atoms with Crippen LogP contribution in [0.2, 0.25) is 5.02 Å². The van der Waals surface area contributed by atoms with Gasteiger partial charge in [0.05, 0.1) is 10.9 Å². The first kappa shape index (κ1) is 19.9. The number of hydrogen-bond acceptors (Lipinski definition) is 3. The first-order valence-corrected chi connectivity index (χ1v) is 9.65. The van der Waals surface area contributed by atoms with E-state index >= 15 is 0 Å². The molecule has 2 aromatic carbocycles. The summed E-state index contributed by atoms with van der Waals surface area (Å²) in [6, 6.07) is 14.3. The van der Waals surface area contributed by atoms with Crippen molar-refractivity contribution in [2.75, 3.05) is 0 Å². The van der Waals surface area contributed by atoms with E-state index in [1.165, 1.54) is 4.57 Å². The number of aromatic amines is 1. The Morgan fingerprint density at radius 1 is 1.04 bits per heavy atom. The lowest BCUT2D eigenvalue weighted by atomic mass is 10.1. The second-order valence-electron chi connectivity index (χ2n) is 6.65. The highest BCUT2D eigenvalue weighted by Gasteiger charge is 2.07. The maximum absolute atomic E-state index is 12.4. The number of para-hydroxylation sites is 1. The topological polar surface area (TPSA) is 84.0 Å². The van der Waals surface area contributed by atoms with Crippen LogP contribution >= 0.6 is 11.6 Å². The number of rotatable bonds is 8. The quantitative estimate of drug-likeness (QED) is 0.570. The summed E-state index contributed by atoms with van der Waals surface area (Å²) in [5, 5.41) is 4.01. The number of benzene rings is 2. The van der Waals surface area contributed by atoms with Crippen LogP contribution in [-0.2, 0) is 17.9 Å². The van der Waals surface area contributed by atoms with Gasteiger partial charge in [0.2, 0.25) is 5.91 Å². The largest absolute Gasteiger partial charge is 0.352 e. The lowest BCUT2D eigenvalue weighted by Crippen LogP contribution is -2.35. The number of amides is 1. The van der Waals surface area contributed by atoms with Gasteiger partial charge in [0, 0.05) is 24.5 Å². The number of H-pyrrole nitrogens is 1. The van der Waals surface area contributed by atoms with Gasteiger partial charge in [-0.3, -0.25) is 14.2 Å². The summed E-state index contributed by atoms with van der Waals surface area (Å²) >= 11 is 5.92. The molecule has 0 aliphatic heterocycles. The van der Waals surface area contributed by atoms with Crippen LogP contribution in [0, 0.1) is 0 Å². The Balaban J connectivity index is 1.44. The van der Waals surface area contributed by atoms with Gasteiger partial charge in [-0.15, -0.1) is 0 Å². The molecule has 0 atom stereocenters. The second kappa shape index (κ2) is 9.37. The van der Waals surface area contributed by atoms with Crippen molar-refractivity contribution in [1.82, 2.24) is 14.9 Å². The van der Waals surface area contributed by atoms with Crippen molar-refractivity contribution in [3.05, 3.63) is 80.0 Å². The molecule has 0 radical (unpaired) electrons. The molecule has 7 heteroatoms. The maximum Gasteiger partial charge on any atom is 0.328 e. The molecule has 0 saturated heterocycles. The van der Waals surface area contributed by atoms with Crippen molar-refractivity contribution in [2.45, 2.75) is 38.8 Å². The predicted octanol–water partition coefficient (Wildman–Crippen LogP) is 3.22. The fourth-order valence-electron chi connectivity index (χ4n) is 3.07. The highest BCUT2D eigenvalue weighted by Crippen LogP contribution is 2.10. The fraction of sp³-hybridized carbons (Fsp3) is 0.286. The molecule has 6 nitrogen and oxygen atoms in total. The van der Waals surface area contributed by atoms with E-state index in [1.807, 2.05) is 18.2 Å². The Morgan fingerprint density at radius 3 is 2.68 bits per heavy atom. The van der Waals surface area contributed by atoms with E-state index in [0.29, 0.717) is 48.3 Å². The van der Waals surface area contributed by atoms with Crippen molar-refractivity contribution in [2.24, 2.45) is 0 Å². The molecule has 0 saturated carbocycles. The van der Waals surface area contributed by atoms with Crippen molar-refractivity contribution in [3.8, 4) is 0 Å². The molecule has 0 aliphatic carbocycles. The molecule has 1 amide bonds. The molecule has 0 unspecified atom stereocenters. The third-order valence-electron chi connectivity index (χ3n) is 4.55. The summed E-state index contributed by atoms with van der Waals surface area (Å²) in [5.74, 6) is -0.0271. The second-order valence-corrected chi connectivity index (χ2v) is 7.09. The van der Waals surface area contributed by atoms with E-state index in [2.05, 4.69) is 10.3 Å². The van der Waals surface area contributed by atoms with Crippen LogP contribution in [0.3, 0.4) is 0 Å². The Hall–Kier alpha value is -2.86. The number of unbranched alkanes of at least 4 members (excludes halogenated alkanes) is 2. The standard InChI is InChI=1S/C21H22ClN3O3/c22-16-8-6-7-15(13-16)14-23-19(26)11-2-1-5-12-25-20(27)17-9-3-4-10-18(17)24-21(25)28/h3-4,6-10,13H,1-2,5,11-12,14H2,(H,23,26)(H,24,28). The number of carbonyl (C=O) groups excluding carboxylic acids is 1. The van der Waals surface area contributed by atoms with Gasteiger partial charge in [0.1, 0.15) is 0 Å². The van der Waals surface area contributed by atoms with Crippen LogP contribution in [0.4, 0.5) is 0 Å². The fourth-order valence-corrected chi connectivity index (χ4v) is 3.28. The van der Waals surface area contributed by atoms with Crippen LogP contribution in [0.5, 0.6) is 0 Å². The number of carbonyl (C=O) groups is 1. The lowest BCUT2D eigenvalue weighted by molar-refractivity contribution is -0.121. The molecular formula is C21H22ClN3O3.